The first-order chi connectivity index (χ1) is 12.6. The number of aromatic nitrogens is 2. The predicted molar refractivity (Wildman–Crippen MR) is 91.2 cm³/mol. The third-order valence-corrected chi connectivity index (χ3v) is 4.58. The van der Waals surface area contributed by atoms with Crippen molar-refractivity contribution in [3.05, 3.63) is 40.7 Å². The van der Waals surface area contributed by atoms with Gasteiger partial charge in [0.05, 0.1) is 6.54 Å². The lowest BCUT2D eigenvalue weighted by Crippen LogP contribution is -2.33. The van der Waals surface area contributed by atoms with Crippen LogP contribution in [-0.2, 0) is 12.7 Å². The van der Waals surface area contributed by atoms with Gasteiger partial charge < -0.3 is 20.4 Å². The van der Waals surface area contributed by atoms with Gasteiger partial charge in [0.25, 0.3) is 5.91 Å². The molecule has 0 saturated carbocycles. The largest absolute Gasteiger partial charge is 0.455 e. The Labute approximate surface area is 153 Å². The second-order valence-electron chi connectivity index (χ2n) is 6.52. The number of carbonyl (C=O) groups excluding carboxylic acids is 1. The maximum absolute atomic E-state index is 12.6. The molecular formula is C17H20F3N5O2. The molecule has 1 amide bonds. The van der Waals surface area contributed by atoms with E-state index in [9.17, 15) is 18.0 Å². The van der Waals surface area contributed by atoms with Crippen molar-refractivity contribution in [3.63, 3.8) is 0 Å². The van der Waals surface area contributed by atoms with Crippen molar-refractivity contribution in [2.45, 2.75) is 39.0 Å². The lowest BCUT2D eigenvalue weighted by Gasteiger charge is -2.21. The number of hydrogen-bond acceptors (Lipinski definition) is 6. The van der Waals surface area contributed by atoms with Gasteiger partial charge in [-0.1, -0.05) is 0 Å². The molecule has 3 rings (SSSR count). The standard InChI is InChI=1S/C17H20F3N5O2/c1-9-10(2)23-15(14(21)26)24-16(9)25-6-5-11(8-25)22-7-12-3-4-13(27-12)17(18,19)20/h3-4,11,22H,5-8H2,1-2H3,(H2,21,26)/t11-/m1/s1. The zero-order chi connectivity index (χ0) is 19.8. The molecule has 0 aliphatic carbocycles. The molecule has 3 heterocycles. The number of furan rings is 1. The summed E-state index contributed by atoms with van der Waals surface area (Å²) in [6.45, 7) is 5.15. The van der Waals surface area contributed by atoms with Crippen LogP contribution in [0.5, 0.6) is 0 Å². The summed E-state index contributed by atoms with van der Waals surface area (Å²) in [5.74, 6) is -0.839. The summed E-state index contributed by atoms with van der Waals surface area (Å²) in [5, 5.41) is 3.20. The Morgan fingerprint density at radius 3 is 2.74 bits per heavy atom. The topological polar surface area (TPSA) is 97.3 Å². The number of amides is 1. The van der Waals surface area contributed by atoms with E-state index in [4.69, 9.17) is 10.2 Å². The highest BCUT2D eigenvalue weighted by molar-refractivity contribution is 5.89. The van der Waals surface area contributed by atoms with E-state index < -0.39 is 17.8 Å². The van der Waals surface area contributed by atoms with E-state index in [1.54, 1.807) is 6.92 Å². The second-order valence-corrected chi connectivity index (χ2v) is 6.52. The Morgan fingerprint density at radius 1 is 1.37 bits per heavy atom. The molecule has 146 valence electrons. The third kappa shape index (κ3) is 4.21. The van der Waals surface area contributed by atoms with Crippen LogP contribution in [-0.4, -0.2) is 35.0 Å². The average Bonchev–Trinajstić information content (AvgIpc) is 3.23. The van der Waals surface area contributed by atoms with Gasteiger partial charge in [0.15, 0.2) is 0 Å². The van der Waals surface area contributed by atoms with Gasteiger partial charge >= 0.3 is 6.18 Å². The monoisotopic (exact) mass is 383 g/mol. The van der Waals surface area contributed by atoms with Crippen molar-refractivity contribution in [1.29, 1.82) is 0 Å². The molecule has 2 aromatic heterocycles. The maximum Gasteiger partial charge on any atom is 0.449 e. The minimum absolute atomic E-state index is 0.0280. The normalized spacial score (nSPS) is 17.5. The minimum atomic E-state index is -4.48. The lowest BCUT2D eigenvalue weighted by atomic mass is 10.2. The first-order valence-corrected chi connectivity index (χ1v) is 8.44. The van der Waals surface area contributed by atoms with E-state index in [0.717, 1.165) is 18.1 Å². The summed E-state index contributed by atoms with van der Waals surface area (Å²) < 4.78 is 42.5. The highest BCUT2D eigenvalue weighted by Crippen LogP contribution is 2.30. The van der Waals surface area contributed by atoms with Gasteiger partial charge in [0.1, 0.15) is 11.6 Å². The second kappa shape index (κ2) is 7.18. The van der Waals surface area contributed by atoms with Gasteiger partial charge in [0, 0.05) is 30.4 Å². The van der Waals surface area contributed by atoms with E-state index >= 15 is 0 Å². The number of nitrogens with one attached hydrogen (secondary N) is 1. The summed E-state index contributed by atoms with van der Waals surface area (Å²) in [4.78, 5) is 21.8. The molecule has 0 radical (unpaired) electrons. The van der Waals surface area contributed by atoms with Crippen molar-refractivity contribution >= 4 is 11.7 Å². The molecule has 1 fully saturated rings. The summed E-state index contributed by atoms with van der Waals surface area (Å²) in [7, 11) is 0. The fraction of sp³-hybridized carbons (Fsp3) is 0.471. The van der Waals surface area contributed by atoms with E-state index in [2.05, 4.69) is 15.3 Å². The van der Waals surface area contributed by atoms with E-state index in [1.807, 2.05) is 11.8 Å². The van der Waals surface area contributed by atoms with E-state index in [0.29, 0.717) is 24.6 Å². The molecule has 1 aliphatic rings. The number of carbonyl (C=O) groups is 1. The van der Waals surface area contributed by atoms with Crippen LogP contribution >= 0.6 is 0 Å². The number of aryl methyl sites for hydroxylation is 1. The Balaban J connectivity index is 1.64. The number of hydrogen-bond donors (Lipinski definition) is 2. The van der Waals surface area contributed by atoms with Crippen LogP contribution in [0.3, 0.4) is 0 Å². The quantitative estimate of drug-likeness (QED) is 0.821. The summed E-state index contributed by atoms with van der Waals surface area (Å²) in [6, 6.07) is 2.30. The molecule has 7 nitrogen and oxygen atoms in total. The van der Waals surface area contributed by atoms with Gasteiger partial charge in [-0.25, -0.2) is 9.97 Å². The zero-order valence-electron chi connectivity index (χ0n) is 14.9. The van der Waals surface area contributed by atoms with Gasteiger partial charge in [-0.15, -0.1) is 0 Å². The fourth-order valence-corrected chi connectivity index (χ4v) is 3.02. The molecule has 27 heavy (non-hydrogen) atoms. The number of nitrogens with two attached hydrogens (primary N) is 1. The van der Waals surface area contributed by atoms with Crippen molar-refractivity contribution < 1.29 is 22.4 Å². The molecule has 2 aromatic rings. The molecule has 1 aliphatic heterocycles. The average molecular weight is 383 g/mol. The number of primary amides is 1. The highest BCUT2D eigenvalue weighted by Gasteiger charge is 2.35. The van der Waals surface area contributed by atoms with Crippen LogP contribution in [0.2, 0.25) is 0 Å². The lowest BCUT2D eigenvalue weighted by molar-refractivity contribution is -0.153. The smallest absolute Gasteiger partial charge is 0.449 e. The molecule has 1 atom stereocenters. The molecule has 0 spiro atoms. The SMILES string of the molecule is Cc1nc(C(N)=O)nc(N2CC[C@@H](NCc3ccc(C(F)(F)F)o3)C2)c1C. The van der Waals surface area contributed by atoms with Crippen molar-refractivity contribution in [2.75, 3.05) is 18.0 Å². The third-order valence-electron chi connectivity index (χ3n) is 4.58. The molecule has 0 unspecified atom stereocenters. The Morgan fingerprint density at radius 2 is 2.11 bits per heavy atom. The zero-order valence-corrected chi connectivity index (χ0v) is 14.9. The number of halogens is 3. The summed E-state index contributed by atoms with van der Waals surface area (Å²) in [5.41, 5.74) is 6.83. The van der Waals surface area contributed by atoms with E-state index in [1.165, 1.54) is 6.07 Å². The molecule has 0 bridgehead atoms. The van der Waals surface area contributed by atoms with Crippen LogP contribution in [0, 0.1) is 13.8 Å². The maximum atomic E-state index is 12.6. The molecule has 1 saturated heterocycles. The highest BCUT2D eigenvalue weighted by atomic mass is 19.4. The Bertz CT molecular complexity index is 850. The van der Waals surface area contributed by atoms with Gasteiger partial charge in [-0.3, -0.25) is 4.79 Å². The van der Waals surface area contributed by atoms with Crippen LogP contribution < -0.4 is 16.0 Å². The van der Waals surface area contributed by atoms with Crippen molar-refractivity contribution in [2.24, 2.45) is 5.73 Å². The van der Waals surface area contributed by atoms with Gasteiger partial charge in [-0.05, 0) is 32.4 Å². The van der Waals surface area contributed by atoms with Crippen LogP contribution in [0.15, 0.2) is 16.5 Å². The number of alkyl halides is 3. The number of anilines is 1. The number of nitrogens with zero attached hydrogens (tertiary/aromatic N) is 3. The molecule has 10 heteroatoms. The van der Waals surface area contributed by atoms with Crippen LogP contribution in [0.4, 0.5) is 19.0 Å². The summed E-state index contributed by atoms with van der Waals surface area (Å²) in [6.07, 6.45) is -3.70. The van der Waals surface area contributed by atoms with Crippen LogP contribution in [0.1, 0.15) is 39.8 Å². The number of rotatable bonds is 5. The first kappa shape index (κ1) is 19.2. The Kier molecular flexibility index (Phi) is 5.09. The fourth-order valence-electron chi connectivity index (χ4n) is 3.02. The van der Waals surface area contributed by atoms with Crippen molar-refractivity contribution in [3.8, 4) is 0 Å². The summed E-state index contributed by atoms with van der Waals surface area (Å²) >= 11 is 0. The van der Waals surface area contributed by atoms with Crippen molar-refractivity contribution in [1.82, 2.24) is 15.3 Å². The molecule has 0 aromatic carbocycles. The van der Waals surface area contributed by atoms with Gasteiger partial charge in [0.2, 0.25) is 11.6 Å². The Hall–Kier alpha value is -2.62. The van der Waals surface area contributed by atoms with Gasteiger partial charge in [-0.2, -0.15) is 13.2 Å². The van der Waals surface area contributed by atoms with Crippen LogP contribution in [0.25, 0.3) is 0 Å². The van der Waals surface area contributed by atoms with E-state index in [-0.39, 0.29) is 24.2 Å². The molecular weight excluding hydrogens is 363 g/mol. The predicted octanol–water partition coefficient (Wildman–Crippen LogP) is 2.17. The minimum Gasteiger partial charge on any atom is -0.455 e. The molecule has 3 N–H and O–H groups in total. The first-order valence-electron chi connectivity index (χ1n) is 8.44.